The highest BCUT2D eigenvalue weighted by molar-refractivity contribution is 5.57. The molecule has 3 aromatic heterocycles. The van der Waals surface area contributed by atoms with E-state index in [2.05, 4.69) is 41.5 Å². The molecule has 2 N–H and O–H groups in total. The number of imidazole rings is 1. The van der Waals surface area contributed by atoms with Crippen molar-refractivity contribution in [2.75, 3.05) is 29.9 Å². The van der Waals surface area contributed by atoms with E-state index >= 15 is 0 Å². The first-order chi connectivity index (χ1) is 16.3. The van der Waals surface area contributed by atoms with Crippen LogP contribution in [0.25, 0.3) is 0 Å². The van der Waals surface area contributed by atoms with E-state index in [1.165, 1.54) is 43.5 Å². The molecule has 6 rings (SSSR count). The van der Waals surface area contributed by atoms with Gasteiger partial charge < -0.3 is 19.5 Å². The van der Waals surface area contributed by atoms with Gasteiger partial charge in [0, 0.05) is 44.1 Å². The number of ether oxygens (including phenoxy) is 1. The van der Waals surface area contributed by atoms with Crippen LogP contribution < -0.4 is 15.0 Å². The number of nitrogens with zero attached hydrogens (tertiary/aromatic N) is 7. The van der Waals surface area contributed by atoms with Gasteiger partial charge in [0.1, 0.15) is 5.82 Å². The van der Waals surface area contributed by atoms with Crippen LogP contribution in [0.1, 0.15) is 66.5 Å². The number of hydrogen-bond donors (Lipinski definition) is 2. The maximum absolute atomic E-state index is 5.83. The second-order valence-electron chi connectivity index (χ2n) is 9.29. The minimum Gasteiger partial charge on any atom is -0.477 e. The Morgan fingerprint density at radius 1 is 1.15 bits per heavy atom. The molecule has 10 nitrogen and oxygen atoms in total. The van der Waals surface area contributed by atoms with Crippen molar-refractivity contribution < 1.29 is 4.74 Å². The molecule has 1 saturated carbocycles. The number of fused-ring (bicyclic) bond motifs is 2. The molecule has 0 bridgehead atoms. The molecule has 1 aliphatic carbocycles. The van der Waals surface area contributed by atoms with Gasteiger partial charge in [-0.05, 0) is 19.8 Å². The second-order valence-corrected chi connectivity index (χ2v) is 9.29. The van der Waals surface area contributed by atoms with Crippen LogP contribution in [0.15, 0.2) is 6.33 Å². The van der Waals surface area contributed by atoms with Gasteiger partial charge in [-0.25, -0.2) is 4.98 Å². The Balaban J connectivity index is 1.20. The monoisotopic (exact) mass is 449 g/mol. The first-order valence-corrected chi connectivity index (χ1v) is 12.2. The lowest BCUT2D eigenvalue weighted by atomic mass is 9.95. The van der Waals surface area contributed by atoms with Crippen LogP contribution >= 0.6 is 0 Å². The van der Waals surface area contributed by atoms with E-state index in [1.807, 2.05) is 6.92 Å². The van der Waals surface area contributed by atoms with Gasteiger partial charge in [-0.1, -0.05) is 19.3 Å². The summed E-state index contributed by atoms with van der Waals surface area (Å²) >= 11 is 0. The molecule has 3 aromatic rings. The SMILES string of the molecule is Cc1n[nH]nc1CCNc1nc2c(c(N3CCc4c(ncn4C4CCCCC4)C3)n1)CCO2. The molecule has 0 spiro atoms. The van der Waals surface area contributed by atoms with E-state index in [0.29, 0.717) is 31.0 Å². The zero-order chi connectivity index (χ0) is 22.2. The molecule has 0 amide bonds. The number of hydrogen-bond acceptors (Lipinski definition) is 8. The normalized spacial score (nSPS) is 18.2. The summed E-state index contributed by atoms with van der Waals surface area (Å²) in [5.41, 5.74) is 5.60. The van der Waals surface area contributed by atoms with Crippen LogP contribution in [0, 0.1) is 6.92 Å². The van der Waals surface area contributed by atoms with Crippen molar-refractivity contribution in [1.29, 1.82) is 0 Å². The number of aryl methyl sites for hydroxylation is 1. The molecule has 2 aliphatic heterocycles. The van der Waals surface area contributed by atoms with Crippen molar-refractivity contribution in [1.82, 2.24) is 34.9 Å². The third-order valence-electron chi connectivity index (χ3n) is 7.21. The van der Waals surface area contributed by atoms with E-state index in [9.17, 15) is 0 Å². The molecule has 1 fully saturated rings. The Morgan fingerprint density at radius 3 is 2.91 bits per heavy atom. The molecular weight excluding hydrogens is 418 g/mol. The Kier molecular flexibility index (Phi) is 5.35. The summed E-state index contributed by atoms with van der Waals surface area (Å²) in [7, 11) is 0. The summed E-state index contributed by atoms with van der Waals surface area (Å²) in [6.45, 7) is 5.02. The minimum atomic E-state index is 0.602. The van der Waals surface area contributed by atoms with E-state index < -0.39 is 0 Å². The van der Waals surface area contributed by atoms with Gasteiger partial charge in [0.05, 0.1) is 42.1 Å². The van der Waals surface area contributed by atoms with Crippen LogP contribution in [0.3, 0.4) is 0 Å². The quantitative estimate of drug-likeness (QED) is 0.591. The summed E-state index contributed by atoms with van der Waals surface area (Å²) in [5, 5.41) is 14.3. The fourth-order valence-electron chi connectivity index (χ4n) is 5.40. The molecular formula is C23H31N9O. The van der Waals surface area contributed by atoms with Crippen molar-refractivity contribution in [3.05, 3.63) is 34.7 Å². The summed E-state index contributed by atoms with van der Waals surface area (Å²) in [5.74, 6) is 2.29. The zero-order valence-corrected chi connectivity index (χ0v) is 19.2. The zero-order valence-electron chi connectivity index (χ0n) is 19.2. The summed E-state index contributed by atoms with van der Waals surface area (Å²) in [4.78, 5) is 16.7. The fourth-order valence-corrected chi connectivity index (χ4v) is 5.40. The maximum atomic E-state index is 5.83. The largest absolute Gasteiger partial charge is 0.477 e. The molecule has 10 heteroatoms. The number of anilines is 2. The van der Waals surface area contributed by atoms with Crippen LogP contribution in [0.4, 0.5) is 11.8 Å². The van der Waals surface area contributed by atoms with Crippen molar-refractivity contribution in [3.63, 3.8) is 0 Å². The average molecular weight is 450 g/mol. The van der Waals surface area contributed by atoms with Crippen LogP contribution in [0.2, 0.25) is 0 Å². The van der Waals surface area contributed by atoms with Gasteiger partial charge in [-0.15, -0.1) is 0 Å². The highest BCUT2D eigenvalue weighted by atomic mass is 16.5. The lowest BCUT2D eigenvalue weighted by Crippen LogP contribution is -2.33. The lowest BCUT2D eigenvalue weighted by Gasteiger charge is -2.31. The van der Waals surface area contributed by atoms with Crippen LogP contribution in [-0.4, -0.2) is 54.6 Å². The maximum Gasteiger partial charge on any atom is 0.227 e. The molecule has 174 valence electrons. The molecule has 0 atom stereocenters. The first-order valence-electron chi connectivity index (χ1n) is 12.2. The minimum absolute atomic E-state index is 0.602. The smallest absolute Gasteiger partial charge is 0.227 e. The van der Waals surface area contributed by atoms with Crippen LogP contribution in [-0.2, 0) is 25.8 Å². The lowest BCUT2D eigenvalue weighted by molar-refractivity contribution is 0.345. The fraction of sp³-hybridized carbons (Fsp3) is 0.609. The van der Waals surface area contributed by atoms with Gasteiger partial charge in [-0.3, -0.25) is 0 Å². The number of aromatic amines is 1. The summed E-state index contributed by atoms with van der Waals surface area (Å²) in [6.07, 6.45) is 11.3. The van der Waals surface area contributed by atoms with Crippen molar-refractivity contribution in [2.45, 2.75) is 70.9 Å². The molecule has 33 heavy (non-hydrogen) atoms. The van der Waals surface area contributed by atoms with Gasteiger partial charge >= 0.3 is 0 Å². The molecule has 3 aliphatic rings. The standard InChI is InChI=1S/C23H31N9O/c1-15-18(29-30-28-15)7-10-24-23-26-21(17-9-12-33-22(17)27-23)31-11-8-20-19(13-31)25-14-32(20)16-5-3-2-4-6-16/h14,16H,2-13H2,1H3,(H,24,26,27)(H,28,29,30). The molecule has 0 unspecified atom stereocenters. The van der Waals surface area contributed by atoms with Gasteiger partial charge in [0.2, 0.25) is 11.8 Å². The van der Waals surface area contributed by atoms with Gasteiger partial charge in [0.15, 0.2) is 0 Å². The molecule has 0 radical (unpaired) electrons. The van der Waals surface area contributed by atoms with E-state index in [1.54, 1.807) is 0 Å². The Labute approximate surface area is 193 Å². The first kappa shape index (κ1) is 20.4. The van der Waals surface area contributed by atoms with Crippen molar-refractivity contribution in [2.24, 2.45) is 0 Å². The Morgan fingerprint density at radius 2 is 2.06 bits per heavy atom. The number of aromatic nitrogens is 7. The number of nitrogens with one attached hydrogen (secondary N) is 2. The third-order valence-corrected chi connectivity index (χ3v) is 7.21. The Bertz CT molecular complexity index is 1130. The van der Waals surface area contributed by atoms with Crippen molar-refractivity contribution >= 4 is 11.8 Å². The molecule has 0 aromatic carbocycles. The average Bonchev–Trinajstić information content (AvgIpc) is 3.58. The topological polar surface area (TPSA) is 110 Å². The summed E-state index contributed by atoms with van der Waals surface area (Å²) in [6, 6.07) is 0.627. The predicted octanol–water partition coefficient (Wildman–Crippen LogP) is 2.76. The number of H-pyrrole nitrogens is 1. The van der Waals surface area contributed by atoms with E-state index in [4.69, 9.17) is 14.7 Å². The second kappa shape index (κ2) is 8.64. The van der Waals surface area contributed by atoms with E-state index in [-0.39, 0.29) is 0 Å². The predicted molar refractivity (Wildman–Crippen MR) is 124 cm³/mol. The highest BCUT2D eigenvalue weighted by Crippen LogP contribution is 2.36. The van der Waals surface area contributed by atoms with Crippen molar-refractivity contribution in [3.8, 4) is 5.88 Å². The highest BCUT2D eigenvalue weighted by Gasteiger charge is 2.30. The third kappa shape index (κ3) is 3.91. The van der Waals surface area contributed by atoms with Crippen LogP contribution in [0.5, 0.6) is 5.88 Å². The summed E-state index contributed by atoms with van der Waals surface area (Å²) < 4.78 is 8.30. The number of rotatable bonds is 6. The molecule has 0 saturated heterocycles. The molecule has 5 heterocycles. The van der Waals surface area contributed by atoms with Gasteiger partial charge in [-0.2, -0.15) is 25.4 Å². The van der Waals surface area contributed by atoms with Gasteiger partial charge in [0.25, 0.3) is 0 Å². The van der Waals surface area contributed by atoms with E-state index in [0.717, 1.165) is 55.1 Å². The Hall–Kier alpha value is -3.17.